The molecule has 1 unspecified atom stereocenters. The van der Waals surface area contributed by atoms with Crippen LogP contribution in [0, 0.1) is 0 Å². The maximum absolute atomic E-state index is 12.1. The van der Waals surface area contributed by atoms with E-state index in [1.54, 1.807) is 4.68 Å². The molecule has 0 bridgehead atoms. The highest BCUT2D eigenvalue weighted by molar-refractivity contribution is 5.80. The number of alkyl carbamates (subject to hydrolysis) is 1. The molecule has 1 aromatic heterocycles. The second-order valence-electron chi connectivity index (χ2n) is 9.01. The Kier molecular flexibility index (Phi) is 8.94. The number of amides is 1. The average Bonchev–Trinajstić information content (AvgIpc) is 2.96. The first kappa shape index (κ1) is 24.7. The fourth-order valence-corrected chi connectivity index (χ4v) is 2.64. The molecule has 0 radical (unpaired) electrons. The summed E-state index contributed by atoms with van der Waals surface area (Å²) >= 11 is 0. The third kappa shape index (κ3) is 9.65. The van der Waals surface area contributed by atoms with Gasteiger partial charge in [-0.25, -0.2) is 4.79 Å². The fourth-order valence-electron chi connectivity index (χ4n) is 2.64. The van der Waals surface area contributed by atoms with Gasteiger partial charge in [0.2, 0.25) is 0 Å². The lowest BCUT2D eigenvalue weighted by atomic mass is 10.1. The predicted octanol–water partition coefficient (Wildman–Crippen LogP) is 1.88. The summed E-state index contributed by atoms with van der Waals surface area (Å²) in [7, 11) is 5.99. The van der Waals surface area contributed by atoms with E-state index in [0.717, 1.165) is 12.1 Å². The Bertz CT molecular complexity index is 675. The molecule has 9 heteroatoms. The van der Waals surface area contributed by atoms with E-state index in [2.05, 4.69) is 30.9 Å². The Morgan fingerprint density at radius 3 is 2.41 bits per heavy atom. The minimum Gasteiger partial charge on any atom is -0.444 e. The molecule has 1 amide bonds. The lowest BCUT2D eigenvalue weighted by Gasteiger charge is -2.28. The molecule has 0 saturated heterocycles. The van der Waals surface area contributed by atoms with Gasteiger partial charge in [0.25, 0.3) is 0 Å². The van der Waals surface area contributed by atoms with Crippen LogP contribution in [0.2, 0.25) is 0 Å². The second kappa shape index (κ2) is 10.5. The molecule has 0 aliphatic carbocycles. The van der Waals surface area contributed by atoms with Gasteiger partial charge in [-0.2, -0.15) is 5.10 Å². The Hall–Kier alpha value is -2.29. The molecule has 0 aliphatic rings. The maximum Gasteiger partial charge on any atom is 0.408 e. The zero-order chi connectivity index (χ0) is 22.2. The smallest absolute Gasteiger partial charge is 0.408 e. The highest BCUT2D eigenvalue weighted by atomic mass is 16.6. The lowest BCUT2D eigenvalue weighted by Crippen LogP contribution is -2.49. The summed E-state index contributed by atoms with van der Waals surface area (Å²) < 4.78 is 7.14. The van der Waals surface area contributed by atoms with E-state index < -0.39 is 17.2 Å². The van der Waals surface area contributed by atoms with Crippen LogP contribution < -0.4 is 16.0 Å². The van der Waals surface area contributed by atoms with Crippen LogP contribution in [0.15, 0.2) is 17.4 Å². The third-order valence-electron chi connectivity index (χ3n) is 4.01. The molecule has 1 aromatic rings. The van der Waals surface area contributed by atoms with E-state index >= 15 is 0 Å². The first-order chi connectivity index (χ1) is 13.3. The van der Waals surface area contributed by atoms with E-state index in [0.29, 0.717) is 19.0 Å². The van der Waals surface area contributed by atoms with Crippen LogP contribution in [0.1, 0.15) is 53.1 Å². The monoisotopic (exact) mass is 409 g/mol. The zero-order valence-corrected chi connectivity index (χ0v) is 19.5. The Balaban J connectivity index is 2.74. The third-order valence-corrected chi connectivity index (χ3v) is 4.01. The van der Waals surface area contributed by atoms with Gasteiger partial charge >= 0.3 is 6.09 Å². The normalized spacial score (nSPS) is 13.9. The number of aliphatic imine (C=N–C) groups is 1. The predicted molar refractivity (Wildman–Crippen MR) is 117 cm³/mol. The van der Waals surface area contributed by atoms with Crippen LogP contribution in [-0.4, -0.2) is 71.6 Å². The highest BCUT2D eigenvalue weighted by Crippen LogP contribution is 2.16. The van der Waals surface area contributed by atoms with E-state index in [-0.39, 0.29) is 6.04 Å². The molecule has 0 fully saturated rings. The number of hydrogen-bond acceptors (Lipinski definition) is 5. The van der Waals surface area contributed by atoms with Crippen LogP contribution in [0.3, 0.4) is 0 Å². The van der Waals surface area contributed by atoms with Crippen molar-refractivity contribution in [1.29, 1.82) is 0 Å². The molecule has 9 nitrogen and oxygen atoms in total. The summed E-state index contributed by atoms with van der Waals surface area (Å²) in [6.07, 6.45) is 3.45. The van der Waals surface area contributed by atoms with Gasteiger partial charge in [-0.15, -0.1) is 0 Å². The van der Waals surface area contributed by atoms with Crippen molar-refractivity contribution in [3.8, 4) is 0 Å². The molecule has 29 heavy (non-hydrogen) atoms. The summed E-state index contributed by atoms with van der Waals surface area (Å²) in [4.78, 5) is 18.9. The minimum absolute atomic E-state index is 0.153. The van der Waals surface area contributed by atoms with Gasteiger partial charge < -0.3 is 25.6 Å². The summed E-state index contributed by atoms with van der Waals surface area (Å²) in [6.45, 7) is 13.2. The van der Waals surface area contributed by atoms with E-state index in [4.69, 9.17) is 4.74 Å². The summed E-state index contributed by atoms with van der Waals surface area (Å²) in [5, 5.41) is 13.8. The number of likely N-dealkylation sites (N-methyl/N-ethyl adjacent to an activating group) is 1. The molecule has 0 aromatic carbocycles. The topological polar surface area (TPSA) is 95.8 Å². The SMILES string of the molecule is CCNC(=NCC(C)(C)NC(=O)OC(C)(C)C)NCC(c1cnn(C)c1)N(C)C. The molecule has 1 heterocycles. The number of ether oxygens (including phenoxy) is 1. The van der Waals surface area contributed by atoms with E-state index in [9.17, 15) is 4.79 Å². The molecule has 0 aliphatic heterocycles. The number of carbonyl (C=O) groups excluding carboxylic acids is 1. The zero-order valence-electron chi connectivity index (χ0n) is 19.5. The number of nitrogens with zero attached hydrogens (tertiary/aromatic N) is 4. The standard InChI is InChI=1S/C20H39N7O2/c1-10-21-17(22-12-16(26(7)8)15-11-24-27(9)13-15)23-14-20(5,6)25-18(28)29-19(2,3)4/h11,13,16H,10,12,14H2,1-9H3,(H,25,28)(H2,21,22,23). The number of aryl methyl sites for hydroxylation is 1. The van der Waals surface area contributed by atoms with Gasteiger partial charge in [0.15, 0.2) is 5.96 Å². The number of nitrogens with one attached hydrogen (secondary N) is 3. The quantitative estimate of drug-likeness (QED) is 0.448. The number of guanidine groups is 1. The fraction of sp³-hybridized carbons (Fsp3) is 0.750. The Morgan fingerprint density at radius 1 is 1.28 bits per heavy atom. The largest absolute Gasteiger partial charge is 0.444 e. The van der Waals surface area contributed by atoms with Crippen LogP contribution in [0.5, 0.6) is 0 Å². The number of carbonyl (C=O) groups is 1. The van der Waals surface area contributed by atoms with Crippen molar-refractivity contribution in [2.24, 2.45) is 12.0 Å². The molecule has 1 atom stereocenters. The van der Waals surface area contributed by atoms with Crippen molar-refractivity contribution in [1.82, 2.24) is 30.6 Å². The van der Waals surface area contributed by atoms with Crippen molar-refractivity contribution < 1.29 is 9.53 Å². The van der Waals surface area contributed by atoms with E-state index in [1.807, 2.05) is 75.1 Å². The lowest BCUT2D eigenvalue weighted by molar-refractivity contribution is 0.0476. The van der Waals surface area contributed by atoms with E-state index in [1.165, 1.54) is 0 Å². The van der Waals surface area contributed by atoms with Crippen LogP contribution in [0.25, 0.3) is 0 Å². The van der Waals surface area contributed by atoms with Gasteiger partial charge in [-0.1, -0.05) is 0 Å². The van der Waals surface area contributed by atoms with Gasteiger partial charge in [-0.05, 0) is 55.6 Å². The summed E-state index contributed by atoms with van der Waals surface area (Å²) in [5.74, 6) is 0.697. The van der Waals surface area contributed by atoms with Crippen molar-refractivity contribution in [2.75, 3.05) is 33.7 Å². The second-order valence-corrected chi connectivity index (χ2v) is 9.01. The van der Waals surface area contributed by atoms with Gasteiger partial charge in [0.1, 0.15) is 5.60 Å². The Morgan fingerprint density at radius 2 is 1.93 bits per heavy atom. The van der Waals surface area contributed by atoms with Crippen molar-refractivity contribution >= 4 is 12.1 Å². The Labute approximate surface area is 175 Å². The molecular weight excluding hydrogens is 370 g/mol. The maximum atomic E-state index is 12.1. The van der Waals surface area contributed by atoms with Crippen molar-refractivity contribution in [2.45, 2.75) is 58.7 Å². The molecule has 0 spiro atoms. The summed E-state index contributed by atoms with van der Waals surface area (Å²) in [5.41, 5.74) is 0.0512. The summed E-state index contributed by atoms with van der Waals surface area (Å²) in [6, 6.07) is 0.153. The minimum atomic E-state index is -0.547. The van der Waals surface area contributed by atoms with Crippen molar-refractivity contribution in [3.05, 3.63) is 18.0 Å². The molecule has 166 valence electrons. The molecule has 0 saturated carbocycles. The van der Waals surface area contributed by atoms with Crippen molar-refractivity contribution in [3.63, 3.8) is 0 Å². The number of aromatic nitrogens is 2. The van der Waals surface area contributed by atoms with Gasteiger partial charge in [0.05, 0.1) is 24.3 Å². The molecular formula is C20H39N7O2. The number of hydrogen-bond donors (Lipinski definition) is 3. The number of rotatable bonds is 8. The van der Waals surface area contributed by atoms with Gasteiger partial charge in [-0.3, -0.25) is 9.67 Å². The molecule has 3 N–H and O–H groups in total. The van der Waals surface area contributed by atoms with Crippen LogP contribution in [0.4, 0.5) is 4.79 Å². The van der Waals surface area contributed by atoms with Gasteiger partial charge in [0, 0.05) is 31.9 Å². The molecule has 1 rings (SSSR count). The van der Waals surface area contributed by atoms with Crippen LogP contribution in [-0.2, 0) is 11.8 Å². The highest BCUT2D eigenvalue weighted by Gasteiger charge is 2.24. The van der Waals surface area contributed by atoms with Crippen LogP contribution >= 0.6 is 0 Å². The first-order valence-electron chi connectivity index (χ1n) is 10.0. The first-order valence-corrected chi connectivity index (χ1v) is 10.0. The average molecular weight is 410 g/mol.